The summed E-state index contributed by atoms with van der Waals surface area (Å²) in [6.45, 7) is 0. The molecule has 0 saturated carbocycles. The van der Waals surface area contributed by atoms with Gasteiger partial charge in [-0.05, 0) is 36.0 Å². The molecule has 3 rings (SSSR count). The van der Waals surface area contributed by atoms with Crippen molar-refractivity contribution in [3.05, 3.63) is 76.6 Å². The van der Waals surface area contributed by atoms with Crippen LogP contribution in [0.4, 0.5) is 16.2 Å². The third-order valence-electron chi connectivity index (χ3n) is 3.82. The molecule has 2 amide bonds. The van der Waals surface area contributed by atoms with Crippen LogP contribution in [0.2, 0.25) is 0 Å². The number of para-hydroxylation sites is 1. The van der Waals surface area contributed by atoms with Crippen molar-refractivity contribution in [2.75, 3.05) is 19.4 Å². The summed E-state index contributed by atoms with van der Waals surface area (Å²) in [7, 11) is 3.30. The summed E-state index contributed by atoms with van der Waals surface area (Å²) >= 11 is 1.00. The van der Waals surface area contributed by atoms with Gasteiger partial charge in [0.15, 0.2) is 5.69 Å². The minimum Gasteiger partial charge on any atom is -0.339 e. The van der Waals surface area contributed by atoms with Gasteiger partial charge < -0.3 is 10.2 Å². The topological polar surface area (TPSA) is 110 Å². The molecule has 10 heteroatoms. The Kier molecular flexibility index (Phi) is 5.93. The second kappa shape index (κ2) is 8.57. The van der Waals surface area contributed by atoms with E-state index in [2.05, 4.69) is 10.4 Å². The van der Waals surface area contributed by atoms with Gasteiger partial charge in [0, 0.05) is 37.3 Å². The van der Waals surface area contributed by atoms with Gasteiger partial charge in [-0.1, -0.05) is 18.2 Å². The smallest absolute Gasteiger partial charge is 0.286 e. The summed E-state index contributed by atoms with van der Waals surface area (Å²) in [6, 6.07) is 14.4. The van der Waals surface area contributed by atoms with E-state index in [-0.39, 0.29) is 16.6 Å². The zero-order valence-electron chi connectivity index (χ0n) is 15.6. The first-order valence-corrected chi connectivity index (χ1v) is 9.27. The predicted octanol–water partition coefficient (Wildman–Crippen LogP) is 3.81. The minimum atomic E-state index is -0.496. The van der Waals surface area contributed by atoms with Gasteiger partial charge in [-0.15, -0.1) is 0 Å². The van der Waals surface area contributed by atoms with Crippen molar-refractivity contribution in [1.29, 1.82) is 0 Å². The maximum atomic E-state index is 12.6. The van der Waals surface area contributed by atoms with Crippen molar-refractivity contribution in [1.82, 2.24) is 14.7 Å². The van der Waals surface area contributed by atoms with Crippen molar-refractivity contribution in [2.45, 2.75) is 4.90 Å². The van der Waals surface area contributed by atoms with Crippen LogP contribution in [0.1, 0.15) is 10.5 Å². The Bertz CT molecular complexity index is 1080. The number of nitro groups is 1. The molecule has 148 valence electrons. The number of non-ortho nitro benzene ring substituents is 1. The molecule has 9 nitrogen and oxygen atoms in total. The van der Waals surface area contributed by atoms with Crippen molar-refractivity contribution >= 4 is 34.3 Å². The average molecular weight is 411 g/mol. The normalized spacial score (nSPS) is 10.4. The summed E-state index contributed by atoms with van der Waals surface area (Å²) in [6.07, 6.45) is 1.55. The monoisotopic (exact) mass is 411 g/mol. The summed E-state index contributed by atoms with van der Waals surface area (Å²) < 4.78 is 1.39. The number of aromatic nitrogens is 2. The molecule has 0 radical (unpaired) electrons. The van der Waals surface area contributed by atoms with Crippen LogP contribution in [0.15, 0.2) is 65.7 Å². The Morgan fingerprint density at radius 1 is 1.14 bits per heavy atom. The van der Waals surface area contributed by atoms with Gasteiger partial charge >= 0.3 is 0 Å². The molecule has 1 aromatic heterocycles. The molecule has 0 bridgehead atoms. The molecule has 0 aliphatic rings. The highest BCUT2D eigenvalue weighted by molar-refractivity contribution is 8.13. The molecule has 0 aliphatic carbocycles. The first-order valence-electron chi connectivity index (χ1n) is 8.45. The zero-order chi connectivity index (χ0) is 21.0. The number of benzene rings is 2. The SMILES string of the molecule is CN(C)C(=O)Sc1ccccc1NC(=O)c1ccn(-c2cccc([N+](=O)[O-])c2)n1. The number of carbonyl (C=O) groups excluding carboxylic acids is 2. The van der Waals surface area contributed by atoms with Crippen molar-refractivity contribution in [3.63, 3.8) is 0 Å². The predicted molar refractivity (Wildman–Crippen MR) is 110 cm³/mol. The fourth-order valence-corrected chi connectivity index (χ4v) is 3.11. The van der Waals surface area contributed by atoms with Crippen molar-refractivity contribution in [2.24, 2.45) is 0 Å². The Morgan fingerprint density at radius 2 is 1.90 bits per heavy atom. The highest BCUT2D eigenvalue weighted by atomic mass is 32.2. The van der Waals surface area contributed by atoms with Crippen LogP contribution in [0.5, 0.6) is 0 Å². The Balaban J connectivity index is 1.79. The second-order valence-electron chi connectivity index (χ2n) is 6.14. The van der Waals surface area contributed by atoms with E-state index in [9.17, 15) is 19.7 Å². The van der Waals surface area contributed by atoms with Crippen LogP contribution in [-0.2, 0) is 0 Å². The number of amides is 2. The van der Waals surface area contributed by atoms with E-state index in [0.717, 1.165) is 11.8 Å². The first-order chi connectivity index (χ1) is 13.8. The lowest BCUT2D eigenvalue weighted by Gasteiger charge is -2.12. The lowest BCUT2D eigenvalue weighted by Crippen LogP contribution is -2.17. The second-order valence-corrected chi connectivity index (χ2v) is 7.13. The molecular weight excluding hydrogens is 394 g/mol. The van der Waals surface area contributed by atoms with E-state index in [1.165, 1.54) is 27.8 Å². The molecule has 0 aliphatic heterocycles. The summed E-state index contributed by atoms with van der Waals surface area (Å²) in [5.41, 5.74) is 1.02. The largest absolute Gasteiger partial charge is 0.339 e. The molecule has 3 aromatic rings. The van der Waals surface area contributed by atoms with E-state index in [1.54, 1.807) is 56.7 Å². The Labute approximate surface area is 170 Å². The molecule has 0 saturated heterocycles. The molecule has 0 atom stereocenters. The lowest BCUT2D eigenvalue weighted by molar-refractivity contribution is -0.384. The molecular formula is C19H17N5O4S. The van der Waals surface area contributed by atoms with Gasteiger partial charge in [0.2, 0.25) is 0 Å². The van der Waals surface area contributed by atoms with E-state index < -0.39 is 10.8 Å². The van der Waals surface area contributed by atoms with Crippen molar-refractivity contribution in [3.8, 4) is 5.69 Å². The number of hydrogen-bond acceptors (Lipinski definition) is 6. The molecule has 1 N–H and O–H groups in total. The van der Waals surface area contributed by atoms with Gasteiger partial charge in [-0.25, -0.2) is 4.68 Å². The fraction of sp³-hybridized carbons (Fsp3) is 0.105. The van der Waals surface area contributed by atoms with Crippen LogP contribution in [0.25, 0.3) is 5.69 Å². The van der Waals surface area contributed by atoms with Crippen LogP contribution in [0.3, 0.4) is 0 Å². The van der Waals surface area contributed by atoms with E-state index >= 15 is 0 Å². The summed E-state index contributed by atoms with van der Waals surface area (Å²) in [5, 5.41) is 17.7. The standard InChI is InChI=1S/C19H17N5O4S/c1-22(2)19(26)29-17-9-4-3-8-15(17)20-18(25)16-10-11-23(21-16)13-6-5-7-14(12-13)24(27)28/h3-12H,1-2H3,(H,20,25). The third-order valence-corrected chi connectivity index (χ3v) is 4.94. The number of anilines is 1. The Hall–Kier alpha value is -3.66. The number of hydrogen-bond donors (Lipinski definition) is 1. The third kappa shape index (κ3) is 4.79. The molecule has 1 heterocycles. The van der Waals surface area contributed by atoms with Gasteiger partial charge in [0.25, 0.3) is 16.8 Å². The molecule has 0 fully saturated rings. The number of nitrogens with zero attached hydrogens (tertiary/aromatic N) is 4. The van der Waals surface area contributed by atoms with Gasteiger partial charge in [-0.3, -0.25) is 19.7 Å². The van der Waals surface area contributed by atoms with E-state index in [1.807, 2.05) is 0 Å². The van der Waals surface area contributed by atoms with Crippen LogP contribution in [-0.4, -0.2) is 44.8 Å². The average Bonchev–Trinajstić information content (AvgIpc) is 3.20. The maximum Gasteiger partial charge on any atom is 0.286 e. The van der Waals surface area contributed by atoms with Crippen LogP contribution in [0, 0.1) is 10.1 Å². The molecule has 0 spiro atoms. The zero-order valence-corrected chi connectivity index (χ0v) is 16.4. The maximum absolute atomic E-state index is 12.6. The van der Waals surface area contributed by atoms with Crippen molar-refractivity contribution < 1.29 is 14.5 Å². The quantitative estimate of drug-likeness (QED) is 0.388. The number of nitro benzene ring substituents is 1. The number of carbonyl (C=O) groups is 2. The first kappa shape index (κ1) is 20.1. The number of thioether (sulfide) groups is 1. The Morgan fingerprint density at radius 3 is 2.62 bits per heavy atom. The highest BCUT2D eigenvalue weighted by Crippen LogP contribution is 2.29. The number of rotatable bonds is 5. The molecule has 2 aromatic carbocycles. The van der Waals surface area contributed by atoms with Gasteiger partial charge in [-0.2, -0.15) is 5.10 Å². The number of nitrogens with one attached hydrogen (secondary N) is 1. The lowest BCUT2D eigenvalue weighted by atomic mass is 10.3. The van der Waals surface area contributed by atoms with Gasteiger partial charge in [0.1, 0.15) is 0 Å². The van der Waals surface area contributed by atoms with E-state index in [4.69, 9.17) is 0 Å². The summed E-state index contributed by atoms with van der Waals surface area (Å²) in [4.78, 5) is 37.1. The van der Waals surface area contributed by atoms with Crippen LogP contribution < -0.4 is 5.32 Å². The summed E-state index contributed by atoms with van der Waals surface area (Å²) in [5.74, 6) is -0.459. The molecule has 0 unspecified atom stereocenters. The van der Waals surface area contributed by atoms with Crippen LogP contribution >= 0.6 is 11.8 Å². The molecule has 29 heavy (non-hydrogen) atoms. The minimum absolute atomic E-state index is 0.0690. The van der Waals surface area contributed by atoms with Gasteiger partial charge in [0.05, 0.1) is 16.3 Å². The van der Waals surface area contributed by atoms with E-state index in [0.29, 0.717) is 16.3 Å². The fourth-order valence-electron chi connectivity index (χ4n) is 2.37. The highest BCUT2D eigenvalue weighted by Gasteiger charge is 2.16.